The van der Waals surface area contributed by atoms with Crippen molar-refractivity contribution in [2.24, 2.45) is 5.92 Å². The summed E-state index contributed by atoms with van der Waals surface area (Å²) in [7, 11) is 0. The lowest BCUT2D eigenvalue weighted by molar-refractivity contribution is 0.280. The van der Waals surface area contributed by atoms with Crippen molar-refractivity contribution in [1.29, 1.82) is 0 Å². The van der Waals surface area contributed by atoms with E-state index in [-0.39, 0.29) is 0 Å². The molecule has 0 bridgehead atoms. The van der Waals surface area contributed by atoms with E-state index in [1.54, 1.807) is 0 Å². The summed E-state index contributed by atoms with van der Waals surface area (Å²) in [6.45, 7) is 4.72. The van der Waals surface area contributed by atoms with Crippen LogP contribution in [0.2, 0.25) is 5.02 Å². The number of fused-ring (bicyclic) bond motifs is 1. The number of nitrogens with one attached hydrogen (secondary N) is 1. The van der Waals surface area contributed by atoms with Crippen LogP contribution in [0.15, 0.2) is 61.1 Å². The van der Waals surface area contributed by atoms with E-state index in [9.17, 15) is 0 Å². The molecule has 154 valence electrons. The Morgan fingerprint density at radius 1 is 1.17 bits per heavy atom. The van der Waals surface area contributed by atoms with E-state index in [1.165, 1.54) is 48.1 Å². The predicted molar refractivity (Wildman–Crippen MR) is 125 cm³/mol. The average Bonchev–Trinajstić information content (AvgIpc) is 3.38. The summed E-state index contributed by atoms with van der Waals surface area (Å²) in [5.74, 6) is 0.850. The quantitative estimate of drug-likeness (QED) is 0.502. The Hall–Kier alpha value is -2.36. The van der Waals surface area contributed by atoms with Crippen LogP contribution in [0.4, 0.5) is 0 Å². The summed E-state index contributed by atoms with van der Waals surface area (Å²) >= 11 is 6.31. The minimum absolute atomic E-state index is 0.583. The lowest BCUT2D eigenvalue weighted by atomic mass is 9.90. The van der Waals surface area contributed by atoms with Crippen molar-refractivity contribution in [2.45, 2.75) is 38.6 Å². The first-order valence-corrected chi connectivity index (χ1v) is 11.4. The fourth-order valence-corrected chi connectivity index (χ4v) is 5.44. The summed E-state index contributed by atoms with van der Waals surface area (Å²) in [6.07, 6.45) is 13.5. The highest BCUT2D eigenvalue weighted by Gasteiger charge is 2.33. The third-order valence-corrected chi connectivity index (χ3v) is 6.84. The van der Waals surface area contributed by atoms with Gasteiger partial charge in [-0.05, 0) is 60.6 Å². The van der Waals surface area contributed by atoms with Gasteiger partial charge in [0.15, 0.2) is 0 Å². The Bertz CT molecular complexity index is 1050. The van der Waals surface area contributed by atoms with Gasteiger partial charge >= 0.3 is 0 Å². The first-order chi connectivity index (χ1) is 14.7. The fraction of sp³-hybridized carbons (Fsp3) is 0.346. The SMILES string of the molecule is CCCC1CC2C=C(c3c[nH]c(-c4cccc(Cl)c4)c3-c3ccncc3)CCN2C1. The Balaban J connectivity index is 1.57. The molecule has 2 aromatic heterocycles. The molecule has 4 heterocycles. The van der Waals surface area contributed by atoms with Gasteiger partial charge in [0.05, 0.1) is 5.69 Å². The first-order valence-electron chi connectivity index (χ1n) is 11.1. The van der Waals surface area contributed by atoms with Crippen LogP contribution in [0.1, 0.15) is 38.2 Å². The van der Waals surface area contributed by atoms with Gasteiger partial charge in [-0.3, -0.25) is 9.88 Å². The molecule has 0 aliphatic carbocycles. The topological polar surface area (TPSA) is 31.9 Å². The molecule has 3 aromatic rings. The molecule has 4 heteroatoms. The van der Waals surface area contributed by atoms with Crippen LogP contribution in [0.5, 0.6) is 0 Å². The van der Waals surface area contributed by atoms with Gasteiger partial charge in [0.2, 0.25) is 0 Å². The number of aromatic nitrogens is 2. The third-order valence-electron chi connectivity index (χ3n) is 6.60. The molecular weight excluding hydrogens is 390 g/mol. The van der Waals surface area contributed by atoms with Crippen molar-refractivity contribution < 1.29 is 0 Å². The summed E-state index contributed by atoms with van der Waals surface area (Å²) in [6, 6.07) is 12.9. The second-order valence-electron chi connectivity index (χ2n) is 8.59. The monoisotopic (exact) mass is 417 g/mol. The molecule has 1 aromatic carbocycles. The predicted octanol–water partition coefficient (Wildman–Crippen LogP) is 6.67. The first kappa shape index (κ1) is 19.6. The van der Waals surface area contributed by atoms with Gasteiger partial charge in [0.1, 0.15) is 0 Å². The molecule has 0 radical (unpaired) electrons. The van der Waals surface area contributed by atoms with E-state index in [1.807, 2.05) is 30.6 Å². The number of hydrogen-bond donors (Lipinski definition) is 1. The number of pyridine rings is 1. The zero-order valence-corrected chi connectivity index (χ0v) is 18.2. The molecule has 0 saturated carbocycles. The second kappa shape index (κ2) is 8.41. The Morgan fingerprint density at radius 3 is 2.83 bits per heavy atom. The maximum Gasteiger partial charge on any atom is 0.0540 e. The minimum atomic E-state index is 0.583. The van der Waals surface area contributed by atoms with Crippen LogP contribution in [0, 0.1) is 5.92 Å². The lowest BCUT2D eigenvalue weighted by Crippen LogP contribution is -2.32. The number of aromatic amines is 1. The normalized spacial score (nSPS) is 21.5. The highest BCUT2D eigenvalue weighted by molar-refractivity contribution is 6.30. The maximum atomic E-state index is 6.31. The van der Waals surface area contributed by atoms with E-state index in [2.05, 4.69) is 52.3 Å². The molecule has 5 rings (SSSR count). The summed E-state index contributed by atoms with van der Waals surface area (Å²) in [5, 5.41) is 0.754. The Labute approximate surface area is 183 Å². The molecule has 2 aliphatic heterocycles. The van der Waals surface area contributed by atoms with E-state index < -0.39 is 0 Å². The average molecular weight is 418 g/mol. The van der Waals surface area contributed by atoms with Crippen molar-refractivity contribution in [3.8, 4) is 22.4 Å². The second-order valence-corrected chi connectivity index (χ2v) is 9.03. The zero-order chi connectivity index (χ0) is 20.5. The molecule has 0 spiro atoms. The van der Waals surface area contributed by atoms with Crippen molar-refractivity contribution in [3.05, 3.63) is 71.7 Å². The standard InChI is InChI=1S/C26H28ClN3/c1-2-4-18-13-23-15-20(9-12-30(23)17-18)24-16-29-26(21-5-3-6-22(27)14-21)25(24)19-7-10-28-11-8-19/h3,5-8,10-11,14-16,18,23,29H,2,4,9,12-13,17H2,1H3. The highest BCUT2D eigenvalue weighted by atomic mass is 35.5. The van der Waals surface area contributed by atoms with Crippen LogP contribution < -0.4 is 0 Å². The number of benzene rings is 1. The zero-order valence-electron chi connectivity index (χ0n) is 17.4. The number of halogens is 1. The fourth-order valence-electron chi connectivity index (χ4n) is 5.25. The third kappa shape index (κ3) is 3.73. The Morgan fingerprint density at radius 2 is 2.03 bits per heavy atom. The van der Waals surface area contributed by atoms with Crippen molar-refractivity contribution in [2.75, 3.05) is 13.1 Å². The molecule has 1 saturated heterocycles. The Kier molecular flexibility index (Phi) is 5.49. The molecule has 3 nitrogen and oxygen atoms in total. The van der Waals surface area contributed by atoms with Gasteiger partial charge in [-0.1, -0.05) is 43.2 Å². The van der Waals surface area contributed by atoms with Gasteiger partial charge in [-0.2, -0.15) is 0 Å². The molecule has 2 atom stereocenters. The molecular formula is C26H28ClN3. The number of hydrogen-bond acceptors (Lipinski definition) is 2. The molecule has 0 amide bonds. The van der Waals surface area contributed by atoms with Gasteiger partial charge in [-0.25, -0.2) is 0 Å². The molecule has 1 N–H and O–H groups in total. The van der Waals surface area contributed by atoms with Gasteiger partial charge in [0.25, 0.3) is 0 Å². The lowest BCUT2D eigenvalue weighted by Gasteiger charge is -2.28. The largest absolute Gasteiger partial charge is 0.360 e. The summed E-state index contributed by atoms with van der Waals surface area (Å²) in [4.78, 5) is 10.5. The van der Waals surface area contributed by atoms with E-state index in [4.69, 9.17) is 11.6 Å². The van der Waals surface area contributed by atoms with Crippen LogP contribution in [-0.4, -0.2) is 34.0 Å². The van der Waals surface area contributed by atoms with Gasteiger partial charge in [0, 0.05) is 59.4 Å². The van der Waals surface area contributed by atoms with E-state index >= 15 is 0 Å². The van der Waals surface area contributed by atoms with E-state index in [0.29, 0.717) is 6.04 Å². The number of nitrogens with zero attached hydrogens (tertiary/aromatic N) is 2. The highest BCUT2D eigenvalue weighted by Crippen LogP contribution is 2.42. The summed E-state index contributed by atoms with van der Waals surface area (Å²) < 4.78 is 0. The van der Waals surface area contributed by atoms with Crippen molar-refractivity contribution >= 4 is 17.2 Å². The number of rotatable bonds is 5. The van der Waals surface area contributed by atoms with Gasteiger partial charge < -0.3 is 4.98 Å². The smallest absolute Gasteiger partial charge is 0.0540 e. The minimum Gasteiger partial charge on any atom is -0.360 e. The molecule has 2 aliphatic rings. The van der Waals surface area contributed by atoms with Crippen LogP contribution in [0.25, 0.3) is 28.0 Å². The van der Waals surface area contributed by atoms with Crippen LogP contribution >= 0.6 is 11.6 Å². The van der Waals surface area contributed by atoms with E-state index in [0.717, 1.165) is 35.2 Å². The van der Waals surface area contributed by atoms with Crippen molar-refractivity contribution in [1.82, 2.24) is 14.9 Å². The molecule has 2 unspecified atom stereocenters. The van der Waals surface area contributed by atoms with Crippen LogP contribution in [0.3, 0.4) is 0 Å². The molecule has 1 fully saturated rings. The number of H-pyrrole nitrogens is 1. The maximum absolute atomic E-state index is 6.31. The summed E-state index contributed by atoms with van der Waals surface area (Å²) in [5.41, 5.74) is 7.46. The van der Waals surface area contributed by atoms with Crippen molar-refractivity contribution in [3.63, 3.8) is 0 Å². The molecule has 30 heavy (non-hydrogen) atoms. The van der Waals surface area contributed by atoms with Crippen LogP contribution in [-0.2, 0) is 0 Å². The van der Waals surface area contributed by atoms with Gasteiger partial charge in [-0.15, -0.1) is 0 Å².